The summed E-state index contributed by atoms with van der Waals surface area (Å²) in [5.74, 6) is -0.107. The van der Waals surface area contributed by atoms with Crippen molar-refractivity contribution in [3.05, 3.63) is 0 Å². The topological polar surface area (TPSA) is 37.3 Å². The fourth-order valence-corrected chi connectivity index (χ4v) is 1.81. The van der Waals surface area contributed by atoms with Gasteiger partial charge in [-0.2, -0.15) is 0 Å². The molecule has 2 nitrogen and oxygen atoms in total. The molecule has 1 aliphatic carbocycles. The number of carboxylic acids is 1. The third-order valence-electron chi connectivity index (χ3n) is 1.72. The van der Waals surface area contributed by atoms with Gasteiger partial charge in [-0.3, -0.25) is 4.79 Å². The van der Waals surface area contributed by atoms with Gasteiger partial charge in [0.05, 0.1) is 5.92 Å². The standard InChI is InChI=1S/C6H9IO2/c7-2-1-4-3-5(4)6(8)9/h4-5H,1-3H2,(H,8,9). The summed E-state index contributed by atoms with van der Waals surface area (Å²) < 4.78 is 1.09. The minimum Gasteiger partial charge on any atom is -0.481 e. The van der Waals surface area contributed by atoms with E-state index < -0.39 is 5.97 Å². The Morgan fingerprint density at radius 3 is 2.78 bits per heavy atom. The lowest BCUT2D eigenvalue weighted by Gasteiger charge is -1.88. The quantitative estimate of drug-likeness (QED) is 0.600. The molecule has 1 saturated carbocycles. The summed E-state index contributed by atoms with van der Waals surface area (Å²) in [7, 11) is 0. The monoisotopic (exact) mass is 240 g/mol. The number of carbonyl (C=O) groups is 1. The molecule has 52 valence electrons. The third kappa shape index (κ3) is 1.81. The number of hydrogen-bond donors (Lipinski definition) is 1. The van der Waals surface area contributed by atoms with E-state index in [1.165, 1.54) is 0 Å². The molecule has 1 N–H and O–H groups in total. The Morgan fingerprint density at radius 1 is 1.78 bits per heavy atom. The van der Waals surface area contributed by atoms with Crippen LogP contribution in [0.25, 0.3) is 0 Å². The first kappa shape index (κ1) is 7.31. The highest BCUT2D eigenvalue weighted by Crippen LogP contribution is 2.41. The molecular formula is C6H9IO2. The van der Waals surface area contributed by atoms with Gasteiger partial charge >= 0.3 is 5.97 Å². The summed E-state index contributed by atoms with van der Waals surface area (Å²) in [6.07, 6.45) is 2.00. The molecule has 0 radical (unpaired) electrons. The van der Waals surface area contributed by atoms with Crippen LogP contribution in [0.1, 0.15) is 12.8 Å². The molecule has 9 heavy (non-hydrogen) atoms. The molecule has 0 bridgehead atoms. The predicted octanol–water partition coefficient (Wildman–Crippen LogP) is 1.53. The van der Waals surface area contributed by atoms with E-state index in [1.807, 2.05) is 0 Å². The number of alkyl halides is 1. The van der Waals surface area contributed by atoms with Gasteiger partial charge in [-0.25, -0.2) is 0 Å². The second-order valence-corrected chi connectivity index (χ2v) is 3.50. The molecule has 0 aromatic heterocycles. The zero-order valence-electron chi connectivity index (χ0n) is 5.01. The minimum absolute atomic E-state index is 0.000217. The van der Waals surface area contributed by atoms with Gasteiger partial charge < -0.3 is 5.11 Å². The highest BCUT2D eigenvalue weighted by atomic mass is 127. The highest BCUT2D eigenvalue weighted by molar-refractivity contribution is 14.1. The summed E-state index contributed by atoms with van der Waals surface area (Å²) in [6.45, 7) is 0. The zero-order valence-corrected chi connectivity index (χ0v) is 7.17. The third-order valence-corrected chi connectivity index (χ3v) is 2.34. The molecule has 2 unspecified atom stereocenters. The Morgan fingerprint density at radius 2 is 2.44 bits per heavy atom. The summed E-state index contributed by atoms with van der Waals surface area (Å²) in [4.78, 5) is 10.2. The van der Waals surface area contributed by atoms with Crippen LogP contribution in [0.15, 0.2) is 0 Å². The second kappa shape index (κ2) is 2.86. The number of hydrogen-bond acceptors (Lipinski definition) is 1. The van der Waals surface area contributed by atoms with Crippen molar-refractivity contribution in [3.8, 4) is 0 Å². The van der Waals surface area contributed by atoms with Gasteiger partial charge in [-0.1, -0.05) is 22.6 Å². The molecule has 0 saturated heterocycles. The van der Waals surface area contributed by atoms with Crippen molar-refractivity contribution in [2.45, 2.75) is 12.8 Å². The highest BCUT2D eigenvalue weighted by Gasteiger charge is 2.41. The van der Waals surface area contributed by atoms with Crippen LogP contribution < -0.4 is 0 Å². The van der Waals surface area contributed by atoms with Crippen molar-refractivity contribution >= 4 is 28.6 Å². The smallest absolute Gasteiger partial charge is 0.306 e. The van der Waals surface area contributed by atoms with Crippen molar-refractivity contribution in [1.82, 2.24) is 0 Å². The van der Waals surface area contributed by atoms with Crippen LogP contribution in [0, 0.1) is 11.8 Å². The maximum atomic E-state index is 10.2. The van der Waals surface area contributed by atoms with Crippen LogP contribution in [0.4, 0.5) is 0 Å². The van der Waals surface area contributed by atoms with Crippen LogP contribution in [-0.4, -0.2) is 15.5 Å². The van der Waals surface area contributed by atoms with Gasteiger partial charge in [0.2, 0.25) is 0 Å². The number of rotatable bonds is 3. The normalized spacial score (nSPS) is 32.1. The van der Waals surface area contributed by atoms with Crippen molar-refractivity contribution in [3.63, 3.8) is 0 Å². The van der Waals surface area contributed by atoms with E-state index in [-0.39, 0.29) is 5.92 Å². The van der Waals surface area contributed by atoms with Crippen LogP contribution in [0.2, 0.25) is 0 Å². The Balaban J connectivity index is 2.17. The zero-order chi connectivity index (χ0) is 6.85. The van der Waals surface area contributed by atoms with Crippen molar-refractivity contribution < 1.29 is 9.90 Å². The molecule has 0 heterocycles. The van der Waals surface area contributed by atoms with E-state index in [1.54, 1.807) is 0 Å². The van der Waals surface area contributed by atoms with E-state index in [9.17, 15) is 4.79 Å². The Bertz CT molecular complexity index is 124. The first-order valence-corrected chi connectivity index (χ1v) is 4.57. The van der Waals surface area contributed by atoms with Gasteiger partial charge in [-0.15, -0.1) is 0 Å². The van der Waals surface area contributed by atoms with Gasteiger partial charge in [0.25, 0.3) is 0 Å². The molecule has 0 amide bonds. The fraction of sp³-hybridized carbons (Fsp3) is 0.833. The second-order valence-electron chi connectivity index (χ2n) is 2.42. The van der Waals surface area contributed by atoms with Crippen molar-refractivity contribution in [2.24, 2.45) is 11.8 Å². The molecule has 1 aliphatic rings. The Labute approximate surface area is 67.8 Å². The summed E-state index contributed by atoms with van der Waals surface area (Å²) in [5.41, 5.74) is 0. The first-order chi connectivity index (χ1) is 4.25. The fourth-order valence-electron chi connectivity index (χ4n) is 1.01. The van der Waals surface area contributed by atoms with Gasteiger partial charge in [0.15, 0.2) is 0 Å². The largest absolute Gasteiger partial charge is 0.481 e. The SMILES string of the molecule is O=C(O)C1CC1CCI. The van der Waals surface area contributed by atoms with Crippen molar-refractivity contribution in [1.29, 1.82) is 0 Å². The molecule has 0 aromatic carbocycles. The van der Waals surface area contributed by atoms with E-state index >= 15 is 0 Å². The maximum absolute atomic E-state index is 10.2. The average molecular weight is 240 g/mol. The van der Waals surface area contributed by atoms with Gasteiger partial charge in [0.1, 0.15) is 0 Å². The lowest BCUT2D eigenvalue weighted by molar-refractivity contribution is -0.138. The number of carboxylic acid groups (broad SMARTS) is 1. The van der Waals surface area contributed by atoms with Crippen LogP contribution in [-0.2, 0) is 4.79 Å². The van der Waals surface area contributed by atoms with Gasteiger partial charge in [-0.05, 0) is 23.2 Å². The van der Waals surface area contributed by atoms with Crippen LogP contribution >= 0.6 is 22.6 Å². The number of aliphatic carboxylic acids is 1. The molecule has 1 fully saturated rings. The van der Waals surface area contributed by atoms with E-state index in [0.717, 1.165) is 17.3 Å². The minimum atomic E-state index is -0.607. The first-order valence-electron chi connectivity index (χ1n) is 3.04. The molecular weight excluding hydrogens is 231 g/mol. The van der Waals surface area contributed by atoms with Crippen LogP contribution in [0.3, 0.4) is 0 Å². The van der Waals surface area contributed by atoms with Crippen molar-refractivity contribution in [2.75, 3.05) is 4.43 Å². The van der Waals surface area contributed by atoms with Crippen LogP contribution in [0.5, 0.6) is 0 Å². The predicted molar refractivity (Wildman–Crippen MR) is 42.7 cm³/mol. The lowest BCUT2D eigenvalue weighted by Crippen LogP contribution is -1.99. The van der Waals surface area contributed by atoms with E-state index in [0.29, 0.717) is 5.92 Å². The molecule has 1 rings (SSSR count). The number of halogens is 1. The molecule has 0 aliphatic heterocycles. The molecule has 0 aromatic rings. The summed E-state index contributed by atoms with van der Waals surface area (Å²) in [5, 5.41) is 8.45. The molecule has 2 atom stereocenters. The van der Waals surface area contributed by atoms with E-state index in [2.05, 4.69) is 22.6 Å². The summed E-state index contributed by atoms with van der Waals surface area (Å²) in [6, 6.07) is 0. The molecule has 0 spiro atoms. The lowest BCUT2D eigenvalue weighted by atomic mass is 10.3. The average Bonchev–Trinajstić information content (AvgIpc) is 2.47. The molecule has 3 heteroatoms. The maximum Gasteiger partial charge on any atom is 0.306 e. The Hall–Kier alpha value is 0.200. The van der Waals surface area contributed by atoms with E-state index in [4.69, 9.17) is 5.11 Å². The summed E-state index contributed by atoms with van der Waals surface area (Å²) >= 11 is 2.28. The Kier molecular flexibility index (Phi) is 2.32. The van der Waals surface area contributed by atoms with Gasteiger partial charge in [0, 0.05) is 0 Å².